The number of carbonyl (C=O) groups is 2. The van der Waals surface area contributed by atoms with Gasteiger partial charge in [-0.1, -0.05) is 30.3 Å². The van der Waals surface area contributed by atoms with Crippen LogP contribution in [0.5, 0.6) is 0 Å². The third-order valence-corrected chi connectivity index (χ3v) is 5.17. The lowest BCUT2D eigenvalue weighted by Gasteiger charge is -2.27. The van der Waals surface area contributed by atoms with Crippen molar-refractivity contribution < 1.29 is 23.5 Å². The van der Waals surface area contributed by atoms with Gasteiger partial charge in [0.15, 0.2) is 11.5 Å². The van der Waals surface area contributed by atoms with Gasteiger partial charge in [-0.25, -0.2) is 4.39 Å². The van der Waals surface area contributed by atoms with Crippen molar-refractivity contribution >= 4 is 22.7 Å². The summed E-state index contributed by atoms with van der Waals surface area (Å²) in [6.07, 6.45) is 0. The van der Waals surface area contributed by atoms with Crippen LogP contribution in [0.25, 0.3) is 11.0 Å². The highest BCUT2D eigenvalue weighted by molar-refractivity contribution is 6.16. The molecule has 1 atom stereocenters. The molecule has 0 saturated heterocycles. The summed E-state index contributed by atoms with van der Waals surface area (Å²) in [5.41, 5.74) is 1.00. The van der Waals surface area contributed by atoms with Crippen LogP contribution in [0.15, 0.2) is 70.3 Å². The van der Waals surface area contributed by atoms with Crippen LogP contribution in [0.3, 0.4) is 0 Å². The number of Topliss-reactive ketones (excluding diaryl/α,β-unsaturated/α-hetero) is 1. The van der Waals surface area contributed by atoms with Crippen molar-refractivity contribution in [3.8, 4) is 0 Å². The van der Waals surface area contributed by atoms with Gasteiger partial charge >= 0.3 is 0 Å². The second kappa shape index (κ2) is 7.76. The van der Waals surface area contributed by atoms with Crippen LogP contribution in [0.1, 0.15) is 22.2 Å². The van der Waals surface area contributed by atoms with E-state index in [1.807, 2.05) is 31.1 Å². The van der Waals surface area contributed by atoms with Crippen LogP contribution in [0, 0.1) is 5.82 Å². The second-order valence-corrected chi connectivity index (χ2v) is 7.50. The van der Waals surface area contributed by atoms with Gasteiger partial charge in [-0.3, -0.25) is 9.59 Å². The summed E-state index contributed by atoms with van der Waals surface area (Å²) in [5, 5.41) is 11.4. The third-order valence-electron chi connectivity index (χ3n) is 5.17. The van der Waals surface area contributed by atoms with E-state index in [0.717, 1.165) is 5.39 Å². The Morgan fingerprint density at radius 2 is 1.87 bits per heavy atom. The molecule has 1 N–H and O–H groups in total. The van der Waals surface area contributed by atoms with Gasteiger partial charge in [0, 0.05) is 18.5 Å². The zero-order chi connectivity index (χ0) is 21.4. The summed E-state index contributed by atoms with van der Waals surface area (Å²) in [7, 11) is 3.72. The Labute approximate surface area is 172 Å². The van der Waals surface area contributed by atoms with Gasteiger partial charge in [0.1, 0.15) is 11.4 Å². The van der Waals surface area contributed by atoms with Crippen molar-refractivity contribution in [1.82, 2.24) is 9.80 Å². The SMILES string of the molecule is CN(C)CCN1C(=O)C(O)=C(C(=O)c2cc3ccccc3o2)[C@@H]1c1ccc(F)cc1. The maximum Gasteiger partial charge on any atom is 0.290 e. The molecule has 1 amide bonds. The van der Waals surface area contributed by atoms with E-state index in [0.29, 0.717) is 17.7 Å². The van der Waals surface area contributed by atoms with Gasteiger partial charge in [0.05, 0.1) is 11.6 Å². The number of halogens is 1. The van der Waals surface area contributed by atoms with Crippen LogP contribution < -0.4 is 0 Å². The Morgan fingerprint density at radius 1 is 1.17 bits per heavy atom. The van der Waals surface area contributed by atoms with E-state index in [2.05, 4.69) is 0 Å². The molecule has 2 aromatic carbocycles. The summed E-state index contributed by atoms with van der Waals surface area (Å²) in [6.45, 7) is 0.817. The molecule has 30 heavy (non-hydrogen) atoms. The number of rotatable bonds is 6. The second-order valence-electron chi connectivity index (χ2n) is 7.50. The van der Waals surface area contributed by atoms with E-state index < -0.39 is 29.3 Å². The number of carbonyl (C=O) groups excluding carboxylic acids is 2. The minimum Gasteiger partial charge on any atom is -0.503 e. The predicted octanol–water partition coefficient (Wildman–Crippen LogP) is 3.71. The Hall–Kier alpha value is -3.45. The number of furan rings is 1. The lowest BCUT2D eigenvalue weighted by atomic mass is 9.95. The van der Waals surface area contributed by atoms with E-state index in [1.165, 1.54) is 29.2 Å². The number of ketones is 1. The zero-order valence-electron chi connectivity index (χ0n) is 16.6. The topological polar surface area (TPSA) is 74.0 Å². The van der Waals surface area contributed by atoms with Crippen molar-refractivity contribution in [2.24, 2.45) is 0 Å². The number of fused-ring (bicyclic) bond motifs is 1. The highest BCUT2D eigenvalue weighted by atomic mass is 19.1. The number of nitrogens with zero attached hydrogens (tertiary/aromatic N) is 2. The fraction of sp³-hybridized carbons (Fsp3) is 0.217. The largest absolute Gasteiger partial charge is 0.503 e. The molecule has 0 fully saturated rings. The minimum atomic E-state index is -0.834. The Balaban J connectivity index is 1.78. The van der Waals surface area contributed by atoms with Crippen molar-refractivity contribution in [3.63, 3.8) is 0 Å². The molecule has 6 nitrogen and oxygen atoms in total. The molecule has 0 spiro atoms. The molecule has 0 saturated carbocycles. The van der Waals surface area contributed by atoms with Gasteiger partial charge in [0.2, 0.25) is 5.78 Å². The number of para-hydroxylation sites is 1. The van der Waals surface area contributed by atoms with Crippen LogP contribution in [-0.2, 0) is 4.79 Å². The van der Waals surface area contributed by atoms with Crippen molar-refractivity contribution in [3.05, 3.63) is 83.1 Å². The van der Waals surface area contributed by atoms with E-state index in [-0.39, 0.29) is 17.9 Å². The van der Waals surface area contributed by atoms with Gasteiger partial charge in [-0.15, -0.1) is 0 Å². The fourth-order valence-corrected chi connectivity index (χ4v) is 3.64. The number of aliphatic hydroxyl groups is 1. The molecule has 0 bridgehead atoms. The van der Waals surface area contributed by atoms with Crippen LogP contribution in [0.4, 0.5) is 4.39 Å². The Bertz CT molecular complexity index is 1110. The van der Waals surface area contributed by atoms with Gasteiger partial charge < -0.3 is 19.3 Å². The number of hydrogen-bond donors (Lipinski definition) is 1. The smallest absolute Gasteiger partial charge is 0.290 e. The minimum absolute atomic E-state index is 0.0344. The van der Waals surface area contributed by atoms with Gasteiger partial charge in [0.25, 0.3) is 5.91 Å². The molecule has 7 heteroatoms. The first-order valence-electron chi connectivity index (χ1n) is 9.54. The fourth-order valence-electron chi connectivity index (χ4n) is 3.64. The summed E-state index contributed by atoms with van der Waals surface area (Å²) in [4.78, 5) is 29.5. The Morgan fingerprint density at radius 3 is 2.53 bits per heavy atom. The van der Waals surface area contributed by atoms with Crippen molar-refractivity contribution in [1.29, 1.82) is 0 Å². The average Bonchev–Trinajstić information content (AvgIpc) is 3.26. The lowest BCUT2D eigenvalue weighted by molar-refractivity contribution is -0.129. The normalized spacial score (nSPS) is 16.9. The standard InChI is InChI=1S/C23H21FN2O4/c1-25(2)11-12-26-20(14-7-9-16(24)10-8-14)19(22(28)23(26)29)21(27)18-13-15-5-3-4-6-17(15)30-18/h3-10,13,20,28H,11-12H2,1-2H3/t20-/m0/s1. The molecule has 154 valence electrons. The molecule has 1 aliphatic rings. The molecular weight excluding hydrogens is 387 g/mol. The summed E-state index contributed by atoms with van der Waals surface area (Å²) < 4.78 is 19.2. The zero-order valence-corrected chi connectivity index (χ0v) is 16.6. The number of benzene rings is 2. The lowest BCUT2D eigenvalue weighted by Crippen LogP contribution is -2.36. The maximum atomic E-state index is 13.5. The number of likely N-dealkylation sites (N-methyl/N-ethyl adjacent to an activating group) is 1. The van der Waals surface area contributed by atoms with Crippen LogP contribution in [-0.4, -0.2) is 53.8 Å². The van der Waals surface area contributed by atoms with Crippen LogP contribution in [0.2, 0.25) is 0 Å². The molecular formula is C23H21FN2O4. The summed E-state index contributed by atoms with van der Waals surface area (Å²) >= 11 is 0. The molecule has 0 radical (unpaired) electrons. The highest BCUT2D eigenvalue weighted by Crippen LogP contribution is 2.39. The monoisotopic (exact) mass is 408 g/mol. The summed E-state index contributed by atoms with van der Waals surface area (Å²) in [5.74, 6) is -2.20. The van der Waals surface area contributed by atoms with Gasteiger partial charge in [-0.2, -0.15) is 0 Å². The molecule has 3 aromatic rings. The molecule has 1 aliphatic heterocycles. The molecule has 0 aliphatic carbocycles. The first-order chi connectivity index (χ1) is 14.4. The highest BCUT2D eigenvalue weighted by Gasteiger charge is 2.44. The quantitative estimate of drug-likeness (QED) is 0.630. The van der Waals surface area contributed by atoms with Crippen molar-refractivity contribution in [2.45, 2.75) is 6.04 Å². The molecule has 0 unspecified atom stereocenters. The maximum absolute atomic E-state index is 13.5. The number of hydrogen-bond acceptors (Lipinski definition) is 5. The third kappa shape index (κ3) is 3.48. The first-order valence-corrected chi connectivity index (χ1v) is 9.54. The van der Waals surface area contributed by atoms with Crippen LogP contribution >= 0.6 is 0 Å². The summed E-state index contributed by atoms with van der Waals surface area (Å²) in [6, 6.07) is 13.5. The number of amides is 1. The average molecular weight is 408 g/mol. The van der Waals surface area contributed by atoms with E-state index in [4.69, 9.17) is 4.42 Å². The van der Waals surface area contributed by atoms with Gasteiger partial charge in [-0.05, 0) is 43.9 Å². The van der Waals surface area contributed by atoms with Crippen molar-refractivity contribution in [2.75, 3.05) is 27.2 Å². The van der Waals surface area contributed by atoms with E-state index >= 15 is 0 Å². The number of aliphatic hydroxyl groups excluding tert-OH is 1. The molecule has 1 aromatic heterocycles. The first kappa shape index (κ1) is 19.8. The van der Waals surface area contributed by atoms with E-state index in [1.54, 1.807) is 18.2 Å². The molecule has 4 rings (SSSR count). The van der Waals surface area contributed by atoms with E-state index in [9.17, 15) is 19.1 Å². The Kier molecular flexibility index (Phi) is 5.13. The molecule has 2 heterocycles. The predicted molar refractivity (Wildman–Crippen MR) is 110 cm³/mol.